The lowest BCUT2D eigenvalue weighted by Gasteiger charge is -2.09. The molecule has 0 heterocycles. The molecular formula is C9H17NO4. The van der Waals surface area contributed by atoms with Gasteiger partial charge in [0.2, 0.25) is 0 Å². The minimum Gasteiger partial charge on any atom is -0.465 e. The first-order valence-corrected chi connectivity index (χ1v) is 4.52. The number of hydrogen-bond acceptors (Lipinski definition) is 5. The van der Waals surface area contributed by atoms with Crippen LogP contribution in [0.15, 0.2) is 0 Å². The summed E-state index contributed by atoms with van der Waals surface area (Å²) >= 11 is 0. The highest BCUT2D eigenvalue weighted by atomic mass is 16.6. The lowest BCUT2D eigenvalue weighted by Crippen LogP contribution is -2.21. The molecule has 82 valence electrons. The molecule has 14 heavy (non-hydrogen) atoms. The van der Waals surface area contributed by atoms with Crippen LogP contribution in [0.1, 0.15) is 19.8 Å². The lowest BCUT2D eigenvalue weighted by atomic mass is 10.4. The molecule has 0 fully saturated rings. The summed E-state index contributed by atoms with van der Waals surface area (Å²) in [5.74, 6) is -1.09. The van der Waals surface area contributed by atoms with Crippen molar-refractivity contribution in [2.24, 2.45) is 0 Å². The molecule has 5 nitrogen and oxygen atoms in total. The quantitative estimate of drug-likeness (QED) is 0.355. The molecule has 0 aromatic rings. The van der Waals surface area contributed by atoms with Crippen LogP contribution in [0.5, 0.6) is 0 Å². The van der Waals surface area contributed by atoms with Gasteiger partial charge in [-0.2, -0.15) is 0 Å². The van der Waals surface area contributed by atoms with Gasteiger partial charge in [0.15, 0.2) is 0 Å². The zero-order valence-electron chi connectivity index (χ0n) is 8.91. The van der Waals surface area contributed by atoms with Crippen LogP contribution >= 0.6 is 0 Å². The number of carbonyl (C=O) groups is 2. The van der Waals surface area contributed by atoms with E-state index >= 15 is 0 Å². The molecule has 0 N–H and O–H groups in total. The summed E-state index contributed by atoms with van der Waals surface area (Å²) in [6.07, 6.45) is 0.437. The van der Waals surface area contributed by atoms with Crippen molar-refractivity contribution >= 4 is 11.9 Å². The maximum atomic E-state index is 11.0. The molecular weight excluding hydrogens is 186 g/mol. The van der Waals surface area contributed by atoms with Crippen molar-refractivity contribution < 1.29 is 19.1 Å². The number of carbonyl (C=O) groups excluding carboxylic acids is 2. The molecule has 0 atom stereocenters. The summed E-state index contributed by atoms with van der Waals surface area (Å²) < 4.78 is 9.46. The molecule has 0 unspecified atom stereocenters. The number of rotatable bonds is 6. The smallest absolute Gasteiger partial charge is 0.318 e. The van der Waals surface area contributed by atoms with Crippen molar-refractivity contribution in [2.75, 3.05) is 27.4 Å². The van der Waals surface area contributed by atoms with Crippen molar-refractivity contribution in [3.05, 3.63) is 0 Å². The van der Waals surface area contributed by atoms with E-state index in [2.05, 4.69) is 0 Å². The Balaban J connectivity index is 3.55. The fourth-order valence-corrected chi connectivity index (χ4v) is 0.637. The second-order valence-corrected chi connectivity index (χ2v) is 3.12. The van der Waals surface area contributed by atoms with E-state index in [0.717, 1.165) is 6.42 Å². The molecule has 0 aliphatic carbocycles. The average Bonchev–Trinajstić information content (AvgIpc) is 2.11. The predicted octanol–water partition coefficient (Wildman–Crippen LogP) is 0.392. The van der Waals surface area contributed by atoms with Crippen molar-refractivity contribution in [1.29, 1.82) is 0 Å². The summed E-state index contributed by atoms with van der Waals surface area (Å²) in [6.45, 7) is 2.41. The fraction of sp³-hybridized carbons (Fsp3) is 0.778. The van der Waals surface area contributed by atoms with E-state index in [1.54, 1.807) is 19.0 Å². The Hall–Kier alpha value is -1.10. The minimum atomic E-state index is -0.556. The van der Waals surface area contributed by atoms with Crippen molar-refractivity contribution in [1.82, 2.24) is 4.90 Å². The molecule has 0 amide bonds. The number of hydrogen-bond donors (Lipinski definition) is 0. The molecule has 0 aromatic carbocycles. The summed E-state index contributed by atoms with van der Waals surface area (Å²) in [6, 6.07) is 0. The van der Waals surface area contributed by atoms with E-state index in [1.165, 1.54) is 0 Å². The zero-order valence-corrected chi connectivity index (χ0v) is 8.91. The highest BCUT2D eigenvalue weighted by molar-refractivity contribution is 5.91. The second-order valence-electron chi connectivity index (χ2n) is 3.12. The molecule has 0 saturated carbocycles. The van der Waals surface area contributed by atoms with E-state index in [4.69, 9.17) is 9.47 Å². The van der Waals surface area contributed by atoms with Gasteiger partial charge in [-0.25, -0.2) is 0 Å². The van der Waals surface area contributed by atoms with Crippen LogP contribution in [-0.2, 0) is 19.1 Å². The third kappa shape index (κ3) is 7.54. The highest BCUT2D eigenvalue weighted by Crippen LogP contribution is 1.92. The molecule has 0 saturated heterocycles. The Kier molecular flexibility index (Phi) is 6.74. The van der Waals surface area contributed by atoms with E-state index < -0.39 is 11.9 Å². The van der Waals surface area contributed by atoms with E-state index in [0.29, 0.717) is 6.61 Å². The van der Waals surface area contributed by atoms with Crippen LogP contribution in [0, 0.1) is 0 Å². The number of ether oxygens (including phenoxy) is 2. The molecule has 0 rings (SSSR count). The Morgan fingerprint density at radius 2 is 1.71 bits per heavy atom. The Morgan fingerprint density at radius 3 is 2.21 bits per heavy atom. The van der Waals surface area contributed by atoms with Gasteiger partial charge in [-0.15, -0.1) is 0 Å². The molecule has 0 aliphatic heterocycles. The van der Waals surface area contributed by atoms with E-state index in [1.807, 2.05) is 6.92 Å². The monoisotopic (exact) mass is 203 g/mol. The molecule has 5 heteroatoms. The Morgan fingerprint density at radius 1 is 1.14 bits per heavy atom. The first kappa shape index (κ1) is 12.9. The van der Waals surface area contributed by atoms with Crippen LogP contribution in [0.2, 0.25) is 0 Å². The topological polar surface area (TPSA) is 55.8 Å². The summed E-state index contributed by atoms with van der Waals surface area (Å²) in [7, 11) is 3.53. The molecule has 0 spiro atoms. The van der Waals surface area contributed by atoms with Crippen LogP contribution < -0.4 is 0 Å². The largest absolute Gasteiger partial charge is 0.465 e. The number of nitrogens with zero attached hydrogens (tertiary/aromatic N) is 1. The summed E-state index contributed by atoms with van der Waals surface area (Å²) in [4.78, 5) is 23.6. The van der Waals surface area contributed by atoms with Crippen LogP contribution in [0.25, 0.3) is 0 Å². The first-order chi connectivity index (χ1) is 6.56. The van der Waals surface area contributed by atoms with Gasteiger partial charge >= 0.3 is 11.9 Å². The van der Waals surface area contributed by atoms with Gasteiger partial charge < -0.3 is 9.47 Å². The van der Waals surface area contributed by atoms with Gasteiger partial charge in [0.1, 0.15) is 13.2 Å². The lowest BCUT2D eigenvalue weighted by molar-refractivity contribution is -0.156. The van der Waals surface area contributed by atoms with Gasteiger partial charge in [-0.05, 0) is 20.5 Å². The second kappa shape index (κ2) is 7.32. The van der Waals surface area contributed by atoms with Crippen molar-refractivity contribution in [2.45, 2.75) is 19.8 Å². The third-order valence-electron chi connectivity index (χ3n) is 1.24. The Labute approximate surface area is 84.0 Å². The first-order valence-electron chi connectivity index (χ1n) is 4.52. The molecule has 0 aliphatic rings. The van der Waals surface area contributed by atoms with Crippen molar-refractivity contribution in [3.63, 3.8) is 0 Å². The normalized spacial score (nSPS) is 10.0. The molecule has 0 aromatic heterocycles. The van der Waals surface area contributed by atoms with Gasteiger partial charge in [0.25, 0.3) is 0 Å². The maximum Gasteiger partial charge on any atom is 0.318 e. The predicted molar refractivity (Wildman–Crippen MR) is 50.5 cm³/mol. The van der Waals surface area contributed by atoms with Gasteiger partial charge in [-0.3, -0.25) is 14.5 Å². The van der Waals surface area contributed by atoms with E-state index in [-0.39, 0.29) is 13.2 Å². The molecule has 0 radical (unpaired) electrons. The third-order valence-corrected chi connectivity index (χ3v) is 1.24. The fourth-order valence-electron chi connectivity index (χ4n) is 0.637. The van der Waals surface area contributed by atoms with Gasteiger partial charge in [0, 0.05) is 0 Å². The minimum absolute atomic E-state index is 0.180. The van der Waals surface area contributed by atoms with E-state index in [9.17, 15) is 9.59 Å². The maximum absolute atomic E-state index is 11.0. The average molecular weight is 203 g/mol. The highest BCUT2D eigenvalue weighted by Gasteiger charge is 2.11. The van der Waals surface area contributed by atoms with Crippen LogP contribution in [0.3, 0.4) is 0 Å². The van der Waals surface area contributed by atoms with Crippen molar-refractivity contribution in [3.8, 4) is 0 Å². The SMILES string of the molecule is CCCOC(=O)CC(=O)OCN(C)C. The summed E-state index contributed by atoms with van der Waals surface area (Å²) in [5.41, 5.74) is 0. The standard InChI is InChI=1S/C9H17NO4/c1-4-5-13-8(11)6-9(12)14-7-10(2)3/h4-7H2,1-3H3. The molecule has 0 bridgehead atoms. The van der Waals surface area contributed by atoms with Crippen LogP contribution in [0.4, 0.5) is 0 Å². The van der Waals surface area contributed by atoms with Gasteiger partial charge in [0.05, 0.1) is 6.61 Å². The number of esters is 2. The summed E-state index contributed by atoms with van der Waals surface area (Å²) in [5, 5.41) is 0. The zero-order chi connectivity index (χ0) is 11.0. The van der Waals surface area contributed by atoms with Gasteiger partial charge in [-0.1, -0.05) is 6.92 Å². The van der Waals surface area contributed by atoms with Crippen LogP contribution in [-0.4, -0.2) is 44.3 Å². The Bertz CT molecular complexity index is 191.